The highest BCUT2D eigenvalue weighted by molar-refractivity contribution is 6.01. The monoisotopic (exact) mass is 479 g/mol. The maximum atomic E-state index is 13.5. The van der Waals surface area contributed by atoms with E-state index in [1.54, 1.807) is 0 Å². The Morgan fingerprint density at radius 3 is 2.66 bits per heavy atom. The van der Waals surface area contributed by atoms with Gasteiger partial charge in [-0.1, -0.05) is 12.5 Å². The smallest absolute Gasteiger partial charge is 0.253 e. The summed E-state index contributed by atoms with van der Waals surface area (Å²) in [5, 5.41) is 6.53. The molecule has 0 spiro atoms. The van der Waals surface area contributed by atoms with Crippen LogP contribution in [0.25, 0.3) is 6.08 Å². The molecule has 1 fully saturated rings. The number of hydrogen-bond acceptors (Lipinski definition) is 6. The lowest BCUT2D eigenvalue weighted by atomic mass is 9.97. The van der Waals surface area contributed by atoms with Crippen molar-refractivity contribution in [2.45, 2.75) is 72.5 Å². The number of nitrogens with zero attached hydrogens (tertiary/aromatic N) is 2. The summed E-state index contributed by atoms with van der Waals surface area (Å²) in [5.74, 6) is 1.31. The fourth-order valence-corrected chi connectivity index (χ4v) is 4.77. The first kappa shape index (κ1) is 25.0. The van der Waals surface area contributed by atoms with Crippen LogP contribution in [0.4, 0.5) is 11.6 Å². The molecule has 188 valence electrons. The molecule has 2 aliphatic heterocycles. The Bertz CT molecular complexity index is 1180. The summed E-state index contributed by atoms with van der Waals surface area (Å²) >= 11 is 0. The largest absolute Gasteiger partial charge is 0.381 e. The Morgan fingerprint density at radius 2 is 2.00 bits per heavy atom. The number of aromatic nitrogens is 2. The molecular weight excluding hydrogens is 442 g/mol. The van der Waals surface area contributed by atoms with Gasteiger partial charge in [-0.2, -0.15) is 0 Å². The minimum Gasteiger partial charge on any atom is -0.381 e. The van der Waals surface area contributed by atoms with Gasteiger partial charge in [-0.05, 0) is 70.7 Å². The van der Waals surface area contributed by atoms with Gasteiger partial charge in [-0.15, -0.1) is 0 Å². The van der Waals surface area contributed by atoms with Gasteiger partial charge in [-0.3, -0.25) is 9.59 Å². The van der Waals surface area contributed by atoms with Crippen molar-refractivity contribution in [1.82, 2.24) is 15.3 Å². The maximum Gasteiger partial charge on any atom is 0.253 e. The van der Waals surface area contributed by atoms with Gasteiger partial charge in [-0.25, -0.2) is 4.98 Å². The number of carbonyl (C=O) groups is 1. The standard InChI is InChI=1S/C27H37N5O3/c1-6-19-12-21-22(26(33)28-14-23-17(4)11-18(5)29-27(23)34)13-24(30-20-7-9-35-10-8-20)31-25(21)32(15-19)16(2)3/h11-13,16,20H,6-10,14-15H2,1-5H3,(H,28,33)(H,29,34)(H,30,31). The Hall–Kier alpha value is -3.13. The van der Waals surface area contributed by atoms with Gasteiger partial charge < -0.3 is 25.3 Å². The number of aromatic amines is 1. The van der Waals surface area contributed by atoms with E-state index in [1.807, 2.05) is 26.0 Å². The van der Waals surface area contributed by atoms with Crippen molar-refractivity contribution in [1.29, 1.82) is 0 Å². The summed E-state index contributed by atoms with van der Waals surface area (Å²) in [7, 11) is 0. The van der Waals surface area contributed by atoms with E-state index in [0.29, 0.717) is 16.9 Å². The number of H-pyrrole nitrogens is 1. The highest BCUT2D eigenvalue weighted by Crippen LogP contribution is 2.34. The van der Waals surface area contributed by atoms with Crippen LogP contribution < -0.4 is 21.1 Å². The number of aryl methyl sites for hydroxylation is 2. The number of anilines is 2. The lowest BCUT2D eigenvalue weighted by Gasteiger charge is -2.35. The maximum absolute atomic E-state index is 13.5. The average molecular weight is 480 g/mol. The molecule has 4 rings (SSSR count). The van der Waals surface area contributed by atoms with Crippen molar-refractivity contribution in [2.75, 3.05) is 30.0 Å². The minimum atomic E-state index is -0.213. The molecule has 0 bridgehead atoms. The molecule has 0 unspecified atom stereocenters. The van der Waals surface area contributed by atoms with Crippen LogP contribution in [0.2, 0.25) is 0 Å². The predicted octanol–water partition coefficient (Wildman–Crippen LogP) is 3.93. The zero-order valence-electron chi connectivity index (χ0n) is 21.5. The second-order valence-corrected chi connectivity index (χ2v) is 9.83. The van der Waals surface area contributed by atoms with Crippen molar-refractivity contribution < 1.29 is 9.53 Å². The van der Waals surface area contributed by atoms with Crippen LogP contribution >= 0.6 is 0 Å². The lowest BCUT2D eigenvalue weighted by molar-refractivity contribution is 0.0903. The van der Waals surface area contributed by atoms with Gasteiger partial charge in [0, 0.05) is 55.2 Å². The Morgan fingerprint density at radius 1 is 1.26 bits per heavy atom. The molecule has 1 saturated heterocycles. The highest BCUT2D eigenvalue weighted by atomic mass is 16.5. The predicted molar refractivity (Wildman–Crippen MR) is 140 cm³/mol. The number of fused-ring (bicyclic) bond motifs is 1. The third kappa shape index (κ3) is 5.59. The molecule has 0 saturated carbocycles. The molecule has 3 N–H and O–H groups in total. The number of amides is 1. The van der Waals surface area contributed by atoms with E-state index >= 15 is 0 Å². The van der Waals surface area contributed by atoms with Gasteiger partial charge in [0.25, 0.3) is 11.5 Å². The number of nitrogens with one attached hydrogen (secondary N) is 3. The first-order valence-corrected chi connectivity index (χ1v) is 12.6. The number of carbonyl (C=O) groups excluding carboxylic acids is 1. The minimum absolute atomic E-state index is 0.165. The molecule has 4 heterocycles. The molecule has 0 aliphatic carbocycles. The van der Waals surface area contributed by atoms with Gasteiger partial charge in [0.2, 0.25) is 0 Å². The number of hydrogen-bond donors (Lipinski definition) is 3. The van der Waals surface area contributed by atoms with E-state index in [4.69, 9.17) is 9.72 Å². The van der Waals surface area contributed by atoms with Crippen molar-refractivity contribution in [2.24, 2.45) is 0 Å². The third-order valence-electron chi connectivity index (χ3n) is 6.85. The molecule has 2 aromatic rings. The van der Waals surface area contributed by atoms with E-state index in [0.717, 1.165) is 61.7 Å². The topological polar surface area (TPSA) is 99.3 Å². The van der Waals surface area contributed by atoms with E-state index in [-0.39, 0.29) is 30.1 Å². The summed E-state index contributed by atoms with van der Waals surface area (Å²) < 4.78 is 5.49. The zero-order valence-corrected chi connectivity index (χ0v) is 21.5. The molecule has 0 aromatic carbocycles. The van der Waals surface area contributed by atoms with E-state index in [2.05, 4.69) is 47.4 Å². The van der Waals surface area contributed by atoms with E-state index < -0.39 is 0 Å². The molecule has 2 aliphatic rings. The van der Waals surface area contributed by atoms with E-state index in [9.17, 15) is 9.59 Å². The second-order valence-electron chi connectivity index (χ2n) is 9.83. The van der Waals surface area contributed by atoms with Gasteiger partial charge in [0.15, 0.2) is 0 Å². The number of rotatable bonds is 7. The van der Waals surface area contributed by atoms with Crippen LogP contribution in [-0.2, 0) is 11.3 Å². The van der Waals surface area contributed by atoms with Gasteiger partial charge >= 0.3 is 0 Å². The average Bonchev–Trinajstić information content (AvgIpc) is 2.82. The summed E-state index contributed by atoms with van der Waals surface area (Å²) in [5.41, 5.74) is 4.75. The summed E-state index contributed by atoms with van der Waals surface area (Å²) in [6.07, 6.45) is 4.83. The first-order valence-electron chi connectivity index (χ1n) is 12.6. The summed E-state index contributed by atoms with van der Waals surface area (Å²) in [4.78, 5) is 36.1. The van der Waals surface area contributed by atoms with Crippen LogP contribution in [0.5, 0.6) is 0 Å². The highest BCUT2D eigenvalue weighted by Gasteiger charge is 2.27. The molecule has 35 heavy (non-hydrogen) atoms. The quantitative estimate of drug-likeness (QED) is 0.557. The normalized spacial score (nSPS) is 16.2. The molecule has 2 aromatic heterocycles. The second kappa shape index (κ2) is 10.6. The fraction of sp³-hybridized carbons (Fsp3) is 0.519. The van der Waals surface area contributed by atoms with Crippen molar-refractivity contribution in [3.05, 3.63) is 56.0 Å². The summed E-state index contributed by atoms with van der Waals surface area (Å²) in [6, 6.07) is 4.27. The van der Waals surface area contributed by atoms with Gasteiger partial charge in [0.1, 0.15) is 11.6 Å². The van der Waals surface area contributed by atoms with Crippen LogP contribution in [0.3, 0.4) is 0 Å². The Labute approximate surface area is 207 Å². The number of pyridine rings is 2. The van der Waals surface area contributed by atoms with Crippen molar-refractivity contribution >= 4 is 23.6 Å². The molecule has 8 nitrogen and oxygen atoms in total. The zero-order chi connectivity index (χ0) is 25.1. The molecular formula is C27H37N5O3. The Kier molecular flexibility index (Phi) is 7.60. The van der Waals surface area contributed by atoms with Crippen molar-refractivity contribution in [3.8, 4) is 0 Å². The van der Waals surface area contributed by atoms with Crippen LogP contribution in [0.1, 0.15) is 72.8 Å². The van der Waals surface area contributed by atoms with Crippen LogP contribution in [0, 0.1) is 13.8 Å². The molecule has 8 heteroatoms. The van der Waals surface area contributed by atoms with E-state index in [1.165, 1.54) is 5.57 Å². The first-order chi connectivity index (χ1) is 16.8. The van der Waals surface area contributed by atoms with Crippen LogP contribution in [0.15, 0.2) is 22.5 Å². The molecule has 0 atom stereocenters. The molecule has 0 radical (unpaired) electrons. The van der Waals surface area contributed by atoms with Crippen LogP contribution in [-0.4, -0.2) is 47.7 Å². The fourth-order valence-electron chi connectivity index (χ4n) is 4.77. The van der Waals surface area contributed by atoms with Crippen molar-refractivity contribution in [3.63, 3.8) is 0 Å². The lowest BCUT2D eigenvalue weighted by Crippen LogP contribution is -2.37. The summed E-state index contributed by atoms with van der Waals surface area (Å²) in [6.45, 7) is 12.6. The van der Waals surface area contributed by atoms with Gasteiger partial charge in [0.05, 0.1) is 5.56 Å². The third-order valence-corrected chi connectivity index (χ3v) is 6.85. The Balaban J connectivity index is 1.70. The molecule has 1 amide bonds. The SMILES string of the molecule is CCC1=Cc2c(C(=O)NCc3c(C)cc(C)[nH]c3=O)cc(NC3CCOCC3)nc2N(C(C)C)C1. The number of ether oxygens (including phenoxy) is 1.